The van der Waals surface area contributed by atoms with E-state index in [9.17, 15) is 9.59 Å². The number of carbonyl (C=O) groups excluding carboxylic acids is 1. The Labute approximate surface area is 135 Å². The first-order valence-corrected chi connectivity index (χ1v) is 8.53. The van der Waals surface area contributed by atoms with Gasteiger partial charge >= 0.3 is 0 Å². The molecule has 0 aliphatic rings. The lowest BCUT2D eigenvalue weighted by atomic mass is 10.3. The molecule has 0 aliphatic heterocycles. The summed E-state index contributed by atoms with van der Waals surface area (Å²) in [4.78, 5) is 29.2. The molecule has 0 saturated carbocycles. The van der Waals surface area contributed by atoms with Crippen LogP contribution in [0.1, 0.15) is 17.7 Å². The Hall–Kier alpha value is -1.99. The van der Waals surface area contributed by atoms with Crippen molar-refractivity contribution >= 4 is 44.0 Å². The highest BCUT2D eigenvalue weighted by atomic mass is 32.1. The van der Waals surface area contributed by atoms with E-state index in [1.807, 2.05) is 31.2 Å². The topological polar surface area (TPSA) is 64.0 Å². The summed E-state index contributed by atoms with van der Waals surface area (Å²) >= 11 is 2.90. The average Bonchev–Trinajstić information content (AvgIpc) is 3.04. The Kier molecular flexibility index (Phi) is 4.35. The first-order valence-electron chi connectivity index (χ1n) is 6.94. The number of rotatable bonds is 5. The molecule has 0 atom stereocenters. The standard InChI is InChI=1S/C15H15N3O2S2/c1-10-9-16-15(21-10)17-13(19)7-4-8-18-14(20)11-5-2-3-6-12(11)22-18/h2-3,5-6,9H,4,7-8H2,1H3,(H,16,17,19). The molecular weight excluding hydrogens is 318 g/mol. The molecule has 7 heteroatoms. The second-order valence-corrected chi connectivity index (χ2v) is 7.22. The van der Waals surface area contributed by atoms with Gasteiger partial charge in [0.15, 0.2) is 5.13 Å². The summed E-state index contributed by atoms with van der Waals surface area (Å²) in [7, 11) is 0. The van der Waals surface area contributed by atoms with Crippen molar-refractivity contribution in [2.45, 2.75) is 26.3 Å². The van der Waals surface area contributed by atoms with Gasteiger partial charge in [-0.1, -0.05) is 23.7 Å². The maximum Gasteiger partial charge on any atom is 0.268 e. The highest BCUT2D eigenvalue weighted by molar-refractivity contribution is 7.15. The van der Waals surface area contributed by atoms with Gasteiger partial charge in [0.1, 0.15) is 0 Å². The third-order valence-corrected chi connectivity index (χ3v) is 5.13. The van der Waals surface area contributed by atoms with E-state index in [0.29, 0.717) is 24.5 Å². The zero-order valence-electron chi connectivity index (χ0n) is 12.0. The first-order chi connectivity index (χ1) is 10.6. The molecule has 22 heavy (non-hydrogen) atoms. The molecule has 2 heterocycles. The third-order valence-electron chi connectivity index (χ3n) is 3.19. The van der Waals surface area contributed by atoms with Gasteiger partial charge < -0.3 is 5.32 Å². The number of thiazole rings is 1. The molecule has 1 N–H and O–H groups in total. The van der Waals surface area contributed by atoms with Crippen LogP contribution >= 0.6 is 22.9 Å². The Morgan fingerprint density at radius 1 is 1.36 bits per heavy atom. The number of nitrogens with zero attached hydrogens (tertiary/aromatic N) is 2. The minimum absolute atomic E-state index is 0.0246. The highest BCUT2D eigenvalue weighted by Crippen LogP contribution is 2.18. The van der Waals surface area contributed by atoms with Crippen LogP contribution < -0.4 is 10.9 Å². The van der Waals surface area contributed by atoms with Crippen LogP contribution in [-0.4, -0.2) is 14.8 Å². The van der Waals surface area contributed by atoms with Gasteiger partial charge in [-0.15, -0.1) is 11.3 Å². The minimum atomic E-state index is -0.0662. The van der Waals surface area contributed by atoms with Gasteiger partial charge in [0.05, 0.1) is 10.1 Å². The maximum absolute atomic E-state index is 12.2. The molecule has 0 bridgehead atoms. The molecule has 5 nitrogen and oxygen atoms in total. The number of amides is 1. The van der Waals surface area contributed by atoms with Crippen LogP contribution in [0.5, 0.6) is 0 Å². The van der Waals surface area contributed by atoms with E-state index in [-0.39, 0.29) is 11.5 Å². The molecular formula is C15H15N3O2S2. The summed E-state index contributed by atoms with van der Waals surface area (Å²) in [5.74, 6) is -0.0662. The van der Waals surface area contributed by atoms with Gasteiger partial charge in [-0.3, -0.25) is 13.5 Å². The van der Waals surface area contributed by atoms with Crippen molar-refractivity contribution in [3.05, 3.63) is 45.7 Å². The normalized spacial score (nSPS) is 11.0. The van der Waals surface area contributed by atoms with Gasteiger partial charge in [-0.2, -0.15) is 0 Å². The summed E-state index contributed by atoms with van der Waals surface area (Å²) in [6.07, 6.45) is 2.74. The number of aromatic nitrogens is 2. The van der Waals surface area contributed by atoms with Crippen LogP contribution in [0.4, 0.5) is 5.13 Å². The van der Waals surface area contributed by atoms with Crippen molar-refractivity contribution in [3.63, 3.8) is 0 Å². The Morgan fingerprint density at radius 3 is 2.91 bits per heavy atom. The van der Waals surface area contributed by atoms with Gasteiger partial charge in [0.2, 0.25) is 5.91 Å². The number of fused-ring (bicyclic) bond motifs is 1. The molecule has 2 aromatic heterocycles. The maximum atomic E-state index is 12.2. The van der Waals surface area contributed by atoms with Crippen molar-refractivity contribution in [3.8, 4) is 0 Å². The van der Waals surface area contributed by atoms with Crippen molar-refractivity contribution in [2.24, 2.45) is 0 Å². The second kappa shape index (κ2) is 6.41. The lowest BCUT2D eigenvalue weighted by molar-refractivity contribution is -0.116. The zero-order chi connectivity index (χ0) is 15.5. The SMILES string of the molecule is Cc1cnc(NC(=O)CCCn2sc3ccccc3c2=O)s1. The predicted octanol–water partition coefficient (Wildman–Crippen LogP) is 3.25. The lowest BCUT2D eigenvalue weighted by Gasteiger charge is -2.02. The Morgan fingerprint density at radius 2 is 2.18 bits per heavy atom. The number of anilines is 1. The van der Waals surface area contributed by atoms with Crippen molar-refractivity contribution < 1.29 is 4.79 Å². The molecule has 1 amide bonds. The minimum Gasteiger partial charge on any atom is -0.302 e. The summed E-state index contributed by atoms with van der Waals surface area (Å²) in [5, 5.41) is 4.15. The number of aryl methyl sites for hydroxylation is 2. The van der Waals surface area contributed by atoms with Crippen LogP contribution in [-0.2, 0) is 11.3 Å². The fraction of sp³-hybridized carbons (Fsp3) is 0.267. The van der Waals surface area contributed by atoms with Crippen LogP contribution in [0, 0.1) is 6.92 Å². The quantitative estimate of drug-likeness (QED) is 0.779. The predicted molar refractivity (Wildman–Crippen MR) is 90.8 cm³/mol. The molecule has 114 valence electrons. The number of hydrogen-bond donors (Lipinski definition) is 1. The van der Waals surface area contributed by atoms with Crippen molar-refractivity contribution in [1.29, 1.82) is 0 Å². The van der Waals surface area contributed by atoms with E-state index in [1.165, 1.54) is 22.9 Å². The van der Waals surface area contributed by atoms with Gasteiger partial charge in [-0.05, 0) is 25.5 Å². The van der Waals surface area contributed by atoms with Gasteiger partial charge in [-0.25, -0.2) is 4.98 Å². The molecule has 0 fully saturated rings. The molecule has 0 aliphatic carbocycles. The average molecular weight is 333 g/mol. The Bertz CT molecular complexity index is 863. The van der Waals surface area contributed by atoms with E-state index >= 15 is 0 Å². The summed E-state index contributed by atoms with van der Waals surface area (Å²) in [6.45, 7) is 2.50. The van der Waals surface area contributed by atoms with Gasteiger partial charge in [0.25, 0.3) is 5.56 Å². The van der Waals surface area contributed by atoms with Crippen LogP contribution in [0.3, 0.4) is 0 Å². The van der Waals surface area contributed by atoms with E-state index < -0.39 is 0 Å². The molecule has 1 aromatic carbocycles. The zero-order valence-corrected chi connectivity index (χ0v) is 13.7. The number of nitrogens with one attached hydrogen (secondary N) is 1. The largest absolute Gasteiger partial charge is 0.302 e. The number of hydrogen-bond acceptors (Lipinski definition) is 5. The lowest BCUT2D eigenvalue weighted by Crippen LogP contribution is -2.16. The smallest absolute Gasteiger partial charge is 0.268 e. The first kappa shape index (κ1) is 14.9. The molecule has 0 radical (unpaired) electrons. The molecule has 3 rings (SSSR count). The molecule has 0 spiro atoms. The second-order valence-electron chi connectivity index (χ2n) is 4.92. The van der Waals surface area contributed by atoms with E-state index in [2.05, 4.69) is 10.3 Å². The van der Waals surface area contributed by atoms with Crippen LogP contribution in [0.2, 0.25) is 0 Å². The van der Waals surface area contributed by atoms with Gasteiger partial charge in [0, 0.05) is 24.0 Å². The van der Waals surface area contributed by atoms with Crippen molar-refractivity contribution in [2.75, 3.05) is 5.32 Å². The molecule has 3 aromatic rings. The van der Waals surface area contributed by atoms with Crippen molar-refractivity contribution in [1.82, 2.24) is 8.94 Å². The molecule has 0 saturated heterocycles. The van der Waals surface area contributed by atoms with Crippen LogP contribution in [0.15, 0.2) is 35.3 Å². The summed E-state index contributed by atoms with van der Waals surface area (Å²) < 4.78 is 2.70. The highest BCUT2D eigenvalue weighted by Gasteiger charge is 2.08. The third kappa shape index (κ3) is 3.26. The van der Waals surface area contributed by atoms with E-state index in [4.69, 9.17) is 0 Å². The fourth-order valence-corrected chi connectivity index (χ4v) is 3.86. The number of benzene rings is 1. The van der Waals surface area contributed by atoms with E-state index in [1.54, 1.807) is 10.2 Å². The fourth-order valence-electron chi connectivity index (χ4n) is 2.14. The monoisotopic (exact) mass is 333 g/mol. The number of carbonyl (C=O) groups is 1. The van der Waals surface area contributed by atoms with E-state index in [0.717, 1.165) is 15.0 Å². The molecule has 0 unspecified atom stereocenters. The summed E-state index contributed by atoms with van der Waals surface area (Å²) in [5.41, 5.74) is 0.0246. The van der Waals surface area contributed by atoms with Crippen LogP contribution in [0.25, 0.3) is 10.1 Å². The Balaban J connectivity index is 1.57. The summed E-state index contributed by atoms with van der Waals surface area (Å²) in [6, 6.07) is 7.56.